The van der Waals surface area contributed by atoms with E-state index in [1.807, 2.05) is 4.68 Å². The molecule has 0 atom stereocenters. The van der Waals surface area contributed by atoms with Crippen LogP contribution in [0.25, 0.3) is 0 Å². The summed E-state index contributed by atoms with van der Waals surface area (Å²) < 4.78 is 1.99. The van der Waals surface area contributed by atoms with Crippen LogP contribution < -0.4 is 5.32 Å². The Labute approximate surface area is 117 Å². The van der Waals surface area contributed by atoms with Gasteiger partial charge in [0.2, 0.25) is 0 Å². The van der Waals surface area contributed by atoms with Gasteiger partial charge in [-0.3, -0.25) is 0 Å². The van der Waals surface area contributed by atoms with Gasteiger partial charge in [0.15, 0.2) is 0 Å². The minimum absolute atomic E-state index is 0.373. The Balaban J connectivity index is 2.37. The zero-order valence-electron chi connectivity index (χ0n) is 13.0. The Morgan fingerprint density at radius 1 is 1.37 bits per heavy atom. The number of allylic oxidation sites excluding steroid dienone is 1. The highest BCUT2D eigenvalue weighted by Gasteiger charge is 2.07. The number of nitrogens with one attached hydrogen (secondary N) is 1. The van der Waals surface area contributed by atoms with Crippen LogP contribution in [0.15, 0.2) is 18.0 Å². The first-order chi connectivity index (χ1) is 9.00. The minimum Gasteiger partial charge on any atom is -0.316 e. The molecule has 0 amide bonds. The highest BCUT2D eigenvalue weighted by atomic mass is 15.3. The van der Waals surface area contributed by atoms with Crippen molar-refractivity contribution >= 4 is 0 Å². The fourth-order valence-corrected chi connectivity index (χ4v) is 1.96. The molecule has 4 heteroatoms. The topological polar surface area (TPSA) is 42.7 Å². The lowest BCUT2D eigenvalue weighted by Gasteiger charge is -2.09. The molecule has 0 bridgehead atoms. The average Bonchev–Trinajstić information content (AvgIpc) is 2.76. The van der Waals surface area contributed by atoms with Crippen molar-refractivity contribution < 1.29 is 0 Å². The van der Waals surface area contributed by atoms with Crippen molar-refractivity contribution in [2.45, 2.75) is 53.5 Å². The van der Waals surface area contributed by atoms with E-state index in [4.69, 9.17) is 0 Å². The van der Waals surface area contributed by atoms with Crippen molar-refractivity contribution in [1.29, 1.82) is 0 Å². The maximum absolute atomic E-state index is 4.34. The summed E-state index contributed by atoms with van der Waals surface area (Å²) in [5, 5.41) is 7.71. The normalized spacial score (nSPS) is 12.7. The Kier molecular flexibility index (Phi) is 6.78. The SMILES string of the molecule is CC(=CCCNCC(C)C)Cc1ncnn1C(C)C. The summed E-state index contributed by atoms with van der Waals surface area (Å²) in [6.07, 6.45) is 5.91. The molecule has 0 saturated heterocycles. The van der Waals surface area contributed by atoms with Gasteiger partial charge in [0.05, 0.1) is 0 Å². The summed E-state index contributed by atoms with van der Waals surface area (Å²) in [5.41, 5.74) is 1.36. The molecule has 0 aliphatic heterocycles. The molecule has 4 nitrogen and oxygen atoms in total. The summed E-state index contributed by atoms with van der Waals surface area (Å²) in [6, 6.07) is 0.373. The van der Waals surface area contributed by atoms with Gasteiger partial charge >= 0.3 is 0 Å². The molecule has 0 saturated carbocycles. The second-order valence-corrected chi connectivity index (χ2v) is 5.83. The third-order valence-electron chi connectivity index (χ3n) is 2.94. The molecule has 0 fully saturated rings. The minimum atomic E-state index is 0.373. The molecule has 0 unspecified atom stereocenters. The number of nitrogens with zero attached hydrogens (tertiary/aromatic N) is 3. The van der Waals surface area contributed by atoms with Crippen LogP contribution >= 0.6 is 0 Å². The maximum atomic E-state index is 4.34. The van der Waals surface area contributed by atoms with E-state index in [1.165, 1.54) is 5.57 Å². The molecule has 1 aromatic heterocycles. The second kappa shape index (κ2) is 8.10. The lowest BCUT2D eigenvalue weighted by atomic mass is 10.1. The van der Waals surface area contributed by atoms with E-state index < -0.39 is 0 Å². The van der Waals surface area contributed by atoms with Crippen LogP contribution in [0.4, 0.5) is 0 Å². The van der Waals surface area contributed by atoms with Crippen LogP contribution in [0.1, 0.15) is 52.9 Å². The Morgan fingerprint density at radius 2 is 2.11 bits per heavy atom. The molecule has 0 aliphatic rings. The Bertz CT molecular complexity index is 391. The molecular formula is C15H28N4. The average molecular weight is 264 g/mol. The van der Waals surface area contributed by atoms with Crippen LogP contribution in [0.2, 0.25) is 0 Å². The fourth-order valence-electron chi connectivity index (χ4n) is 1.96. The van der Waals surface area contributed by atoms with Gasteiger partial charge in [-0.2, -0.15) is 5.10 Å². The van der Waals surface area contributed by atoms with Crippen molar-refractivity contribution in [1.82, 2.24) is 20.1 Å². The molecule has 1 aromatic rings. The quantitative estimate of drug-likeness (QED) is 0.580. The van der Waals surface area contributed by atoms with E-state index in [1.54, 1.807) is 6.33 Å². The lowest BCUT2D eigenvalue weighted by Crippen LogP contribution is -2.20. The van der Waals surface area contributed by atoms with Crippen molar-refractivity contribution in [3.05, 3.63) is 23.8 Å². The van der Waals surface area contributed by atoms with Crippen molar-refractivity contribution in [3.8, 4) is 0 Å². The summed E-state index contributed by atoms with van der Waals surface area (Å²) >= 11 is 0. The largest absolute Gasteiger partial charge is 0.316 e. The third-order valence-corrected chi connectivity index (χ3v) is 2.94. The number of aromatic nitrogens is 3. The summed E-state index contributed by atoms with van der Waals surface area (Å²) in [6.45, 7) is 13.0. The van der Waals surface area contributed by atoms with Gasteiger partial charge in [-0.1, -0.05) is 25.5 Å². The summed E-state index contributed by atoms with van der Waals surface area (Å²) in [4.78, 5) is 4.34. The van der Waals surface area contributed by atoms with Gasteiger partial charge < -0.3 is 5.32 Å². The van der Waals surface area contributed by atoms with Gasteiger partial charge in [0, 0.05) is 12.5 Å². The standard InChI is InChI=1S/C15H28N4/c1-12(2)10-16-8-6-7-14(5)9-15-17-11-18-19(15)13(3)4/h7,11-13,16H,6,8-10H2,1-5H3. The molecule has 0 radical (unpaired) electrons. The van der Waals surface area contributed by atoms with Gasteiger partial charge in [0.1, 0.15) is 12.2 Å². The molecule has 0 spiro atoms. The van der Waals surface area contributed by atoms with Gasteiger partial charge in [-0.15, -0.1) is 0 Å². The van der Waals surface area contributed by atoms with Crippen LogP contribution in [-0.2, 0) is 6.42 Å². The third kappa shape index (κ3) is 6.01. The highest BCUT2D eigenvalue weighted by molar-refractivity contribution is 5.07. The van der Waals surface area contributed by atoms with Crippen LogP contribution in [-0.4, -0.2) is 27.9 Å². The van der Waals surface area contributed by atoms with E-state index in [2.05, 4.69) is 56.1 Å². The molecule has 0 aliphatic carbocycles. The number of hydrogen-bond donors (Lipinski definition) is 1. The lowest BCUT2D eigenvalue weighted by molar-refractivity contribution is 0.509. The zero-order valence-corrected chi connectivity index (χ0v) is 13.0. The van der Waals surface area contributed by atoms with Crippen molar-refractivity contribution in [2.75, 3.05) is 13.1 Å². The number of rotatable bonds is 8. The van der Waals surface area contributed by atoms with Crippen LogP contribution in [0.5, 0.6) is 0 Å². The predicted molar refractivity (Wildman–Crippen MR) is 80.2 cm³/mol. The van der Waals surface area contributed by atoms with E-state index in [-0.39, 0.29) is 0 Å². The summed E-state index contributed by atoms with van der Waals surface area (Å²) in [5.74, 6) is 1.77. The maximum Gasteiger partial charge on any atom is 0.138 e. The molecule has 1 N–H and O–H groups in total. The van der Waals surface area contributed by atoms with E-state index in [9.17, 15) is 0 Å². The monoisotopic (exact) mass is 264 g/mol. The highest BCUT2D eigenvalue weighted by Crippen LogP contribution is 2.10. The van der Waals surface area contributed by atoms with Gasteiger partial charge in [0.25, 0.3) is 0 Å². The molecule has 19 heavy (non-hydrogen) atoms. The van der Waals surface area contributed by atoms with Crippen LogP contribution in [0, 0.1) is 5.92 Å². The Morgan fingerprint density at radius 3 is 2.74 bits per heavy atom. The summed E-state index contributed by atoms with van der Waals surface area (Å²) in [7, 11) is 0. The van der Waals surface area contributed by atoms with E-state index in [0.717, 1.165) is 37.7 Å². The molecular weight excluding hydrogens is 236 g/mol. The van der Waals surface area contributed by atoms with Gasteiger partial charge in [-0.25, -0.2) is 9.67 Å². The molecule has 0 aromatic carbocycles. The smallest absolute Gasteiger partial charge is 0.138 e. The first-order valence-electron chi connectivity index (χ1n) is 7.25. The van der Waals surface area contributed by atoms with Crippen molar-refractivity contribution in [2.24, 2.45) is 5.92 Å². The second-order valence-electron chi connectivity index (χ2n) is 5.83. The zero-order chi connectivity index (χ0) is 14.3. The molecule has 1 rings (SSSR count). The molecule has 1 heterocycles. The Hall–Kier alpha value is -1.16. The van der Waals surface area contributed by atoms with Crippen LogP contribution in [0.3, 0.4) is 0 Å². The number of hydrogen-bond acceptors (Lipinski definition) is 3. The fraction of sp³-hybridized carbons (Fsp3) is 0.733. The van der Waals surface area contributed by atoms with E-state index >= 15 is 0 Å². The molecule has 108 valence electrons. The first kappa shape index (κ1) is 15.9. The van der Waals surface area contributed by atoms with Crippen molar-refractivity contribution in [3.63, 3.8) is 0 Å². The van der Waals surface area contributed by atoms with E-state index in [0.29, 0.717) is 6.04 Å². The van der Waals surface area contributed by atoms with Gasteiger partial charge in [-0.05, 0) is 46.2 Å². The first-order valence-corrected chi connectivity index (χ1v) is 7.25. The predicted octanol–water partition coefficient (Wildman–Crippen LogP) is 2.98.